The van der Waals surface area contributed by atoms with Crippen molar-refractivity contribution in [1.29, 1.82) is 0 Å². The van der Waals surface area contributed by atoms with E-state index in [0.29, 0.717) is 34.9 Å². The van der Waals surface area contributed by atoms with Crippen molar-refractivity contribution < 1.29 is 28.7 Å². The Labute approximate surface area is 259 Å². The molecule has 0 radical (unpaired) electrons. The van der Waals surface area contributed by atoms with Crippen LogP contribution in [0.1, 0.15) is 80.7 Å². The first-order chi connectivity index (χ1) is 21.2. The van der Waals surface area contributed by atoms with Crippen molar-refractivity contribution in [3.05, 3.63) is 59.2 Å². The fourth-order valence-electron chi connectivity index (χ4n) is 6.90. The Morgan fingerprint density at radius 1 is 0.844 bits per heavy atom. The molecule has 7 rings (SSSR count). The third-order valence-electron chi connectivity index (χ3n) is 8.44. The van der Waals surface area contributed by atoms with Gasteiger partial charge in [0, 0.05) is 40.0 Å². The number of aromatic nitrogens is 2. The van der Waals surface area contributed by atoms with E-state index >= 15 is 0 Å². The average molecular weight is 609 g/mol. The van der Waals surface area contributed by atoms with E-state index in [1.807, 2.05) is 84.0 Å². The molecule has 4 heterocycles. The number of nitrogens with zero attached hydrogens (tertiary/aromatic N) is 2. The van der Waals surface area contributed by atoms with Crippen LogP contribution in [0, 0.1) is 0 Å². The number of ether oxygens (including phenoxy) is 2. The van der Waals surface area contributed by atoms with Crippen LogP contribution in [-0.4, -0.2) is 55.6 Å². The zero-order valence-electron chi connectivity index (χ0n) is 26.3. The highest BCUT2D eigenvalue weighted by molar-refractivity contribution is 6.39. The second kappa shape index (κ2) is 9.82. The van der Waals surface area contributed by atoms with Crippen LogP contribution in [0.25, 0.3) is 43.6 Å². The molecule has 2 aliphatic heterocycles. The van der Waals surface area contributed by atoms with E-state index in [1.165, 1.54) is 0 Å². The molecule has 1 atom stereocenters. The third-order valence-corrected chi connectivity index (χ3v) is 8.44. The number of rotatable bonds is 3. The van der Waals surface area contributed by atoms with Crippen LogP contribution in [0.2, 0.25) is 0 Å². The Kier molecular flexibility index (Phi) is 6.30. The molecule has 2 aromatic heterocycles. The summed E-state index contributed by atoms with van der Waals surface area (Å²) in [6.07, 6.45) is -0.0257. The fraction of sp³-hybridized carbons (Fsp3) is 0.371. The van der Waals surface area contributed by atoms with Gasteiger partial charge in [0.25, 0.3) is 11.8 Å². The summed E-state index contributed by atoms with van der Waals surface area (Å²) in [4.78, 5) is 58.7. The molecule has 0 spiro atoms. The van der Waals surface area contributed by atoms with Crippen LogP contribution in [-0.2, 0) is 27.4 Å². The number of para-hydroxylation sites is 2. The Morgan fingerprint density at radius 3 is 2.22 bits per heavy atom. The Bertz CT molecular complexity index is 2110. The van der Waals surface area contributed by atoms with Gasteiger partial charge in [-0.25, -0.2) is 4.79 Å². The van der Waals surface area contributed by atoms with Crippen LogP contribution in [0.5, 0.6) is 0 Å². The third kappa shape index (κ3) is 4.70. The normalized spacial score (nSPS) is 16.8. The number of H-pyrrole nitrogens is 1. The molecular formula is C35H36N4O6. The summed E-state index contributed by atoms with van der Waals surface area (Å²) < 4.78 is 13.6. The molecule has 5 aromatic rings. The van der Waals surface area contributed by atoms with Gasteiger partial charge in [-0.2, -0.15) is 0 Å². The molecule has 0 saturated carbocycles. The largest absolute Gasteiger partial charge is 0.460 e. The predicted molar refractivity (Wildman–Crippen MR) is 171 cm³/mol. The molecule has 0 saturated heterocycles. The number of amides is 3. The lowest BCUT2D eigenvalue weighted by Crippen LogP contribution is -2.44. The van der Waals surface area contributed by atoms with Crippen molar-refractivity contribution in [2.75, 3.05) is 0 Å². The zero-order chi connectivity index (χ0) is 32.0. The molecule has 3 amide bonds. The lowest BCUT2D eigenvalue weighted by Gasteiger charge is -2.33. The minimum atomic E-state index is -0.718. The van der Waals surface area contributed by atoms with E-state index in [0.717, 1.165) is 38.4 Å². The highest BCUT2D eigenvalue weighted by Gasteiger charge is 2.39. The molecule has 232 valence electrons. The molecule has 45 heavy (non-hydrogen) atoms. The standard InChI is InChI=1S/C35H36N4O6/c1-34(2,3)44-23(40)15-14-19-17-39-29-18(16-38(19)33(43)45-35(4,5)6)10-9-12-21(29)25-27-26(31(41)37-32(27)42)24-20-11-7-8-13-22(20)36-28(24)30(25)39/h7-13,19,36H,14-17H2,1-6H3,(H,37,41,42)/t19-/m0/s1. The first kappa shape index (κ1) is 28.9. The van der Waals surface area contributed by atoms with Gasteiger partial charge in [0.15, 0.2) is 0 Å². The second-order valence-corrected chi connectivity index (χ2v) is 14.0. The summed E-state index contributed by atoms with van der Waals surface area (Å²) in [5.74, 6) is -1.19. The second-order valence-electron chi connectivity index (χ2n) is 14.0. The van der Waals surface area contributed by atoms with Gasteiger partial charge < -0.3 is 19.0 Å². The van der Waals surface area contributed by atoms with Crippen LogP contribution in [0.4, 0.5) is 4.79 Å². The molecule has 0 bridgehead atoms. The fourth-order valence-corrected chi connectivity index (χ4v) is 6.90. The quantitative estimate of drug-likeness (QED) is 0.177. The highest BCUT2D eigenvalue weighted by atomic mass is 16.6. The van der Waals surface area contributed by atoms with Gasteiger partial charge in [0.05, 0.1) is 40.3 Å². The van der Waals surface area contributed by atoms with Crippen LogP contribution in [0.3, 0.4) is 0 Å². The number of carbonyl (C=O) groups excluding carboxylic acids is 4. The summed E-state index contributed by atoms with van der Waals surface area (Å²) in [5.41, 5.74) is 3.50. The van der Waals surface area contributed by atoms with Crippen LogP contribution in [0.15, 0.2) is 42.5 Å². The van der Waals surface area contributed by atoms with Gasteiger partial charge in [-0.15, -0.1) is 0 Å². The molecule has 0 aliphatic carbocycles. The van der Waals surface area contributed by atoms with E-state index in [9.17, 15) is 19.2 Å². The number of hydrogen-bond acceptors (Lipinski definition) is 6. The number of imide groups is 1. The number of benzene rings is 3. The smallest absolute Gasteiger partial charge is 0.410 e. The van der Waals surface area contributed by atoms with Gasteiger partial charge in [0.2, 0.25) is 0 Å². The number of esters is 1. The number of aromatic amines is 1. The number of fused-ring (bicyclic) bond motifs is 10. The number of hydrogen-bond donors (Lipinski definition) is 2. The lowest BCUT2D eigenvalue weighted by molar-refractivity contribution is -0.155. The molecule has 0 fully saturated rings. The van der Waals surface area contributed by atoms with E-state index in [-0.39, 0.29) is 18.9 Å². The average Bonchev–Trinajstić information content (AvgIpc) is 3.52. The predicted octanol–water partition coefficient (Wildman–Crippen LogP) is 6.55. The van der Waals surface area contributed by atoms with Gasteiger partial charge in [-0.05, 0) is 59.6 Å². The maximum Gasteiger partial charge on any atom is 0.410 e. The van der Waals surface area contributed by atoms with Crippen molar-refractivity contribution in [1.82, 2.24) is 19.8 Å². The molecule has 2 N–H and O–H groups in total. The maximum atomic E-state index is 13.8. The van der Waals surface area contributed by atoms with Crippen molar-refractivity contribution in [2.45, 2.75) is 84.7 Å². The molecule has 10 heteroatoms. The van der Waals surface area contributed by atoms with Gasteiger partial charge in [-0.3, -0.25) is 24.6 Å². The van der Waals surface area contributed by atoms with E-state index in [2.05, 4.69) is 14.9 Å². The van der Waals surface area contributed by atoms with Gasteiger partial charge in [-0.1, -0.05) is 36.4 Å². The lowest BCUT2D eigenvalue weighted by atomic mass is 9.96. The monoisotopic (exact) mass is 608 g/mol. The van der Waals surface area contributed by atoms with Crippen LogP contribution >= 0.6 is 0 Å². The maximum absolute atomic E-state index is 13.8. The van der Waals surface area contributed by atoms with Gasteiger partial charge >= 0.3 is 12.1 Å². The summed E-state index contributed by atoms with van der Waals surface area (Å²) in [6.45, 7) is 11.5. The molecular weight excluding hydrogens is 572 g/mol. The topological polar surface area (TPSA) is 123 Å². The van der Waals surface area contributed by atoms with Crippen molar-refractivity contribution in [3.8, 4) is 0 Å². The van der Waals surface area contributed by atoms with E-state index in [4.69, 9.17) is 9.47 Å². The first-order valence-corrected chi connectivity index (χ1v) is 15.3. The first-order valence-electron chi connectivity index (χ1n) is 15.3. The minimum Gasteiger partial charge on any atom is -0.460 e. The van der Waals surface area contributed by atoms with Gasteiger partial charge in [0.1, 0.15) is 11.2 Å². The summed E-state index contributed by atoms with van der Waals surface area (Å²) >= 11 is 0. The number of nitrogens with one attached hydrogen (secondary N) is 2. The Balaban J connectivity index is 1.49. The van der Waals surface area contributed by atoms with Crippen molar-refractivity contribution in [2.24, 2.45) is 0 Å². The minimum absolute atomic E-state index is 0.105. The SMILES string of the molecule is CC(C)(C)OC(=O)CC[C@H]1Cn2c3c(cccc3c3c4c(c5c6ccccc6[nH]c5c32)C(=O)NC4=O)CN1C(=O)OC(C)(C)C. The van der Waals surface area contributed by atoms with Crippen molar-refractivity contribution >= 4 is 67.5 Å². The van der Waals surface area contributed by atoms with E-state index < -0.39 is 35.2 Å². The molecule has 3 aromatic carbocycles. The van der Waals surface area contributed by atoms with Crippen LogP contribution < -0.4 is 5.32 Å². The van der Waals surface area contributed by atoms with E-state index in [1.54, 1.807) is 4.90 Å². The Morgan fingerprint density at radius 2 is 1.51 bits per heavy atom. The summed E-state index contributed by atoms with van der Waals surface area (Å²) in [5, 5.41) is 5.59. The molecule has 0 unspecified atom stereocenters. The summed E-state index contributed by atoms with van der Waals surface area (Å²) in [6, 6.07) is 13.1. The molecule has 2 aliphatic rings. The summed E-state index contributed by atoms with van der Waals surface area (Å²) in [7, 11) is 0. The zero-order valence-corrected chi connectivity index (χ0v) is 26.3. The highest BCUT2D eigenvalue weighted by Crippen LogP contribution is 2.45. The van der Waals surface area contributed by atoms with Crippen molar-refractivity contribution in [3.63, 3.8) is 0 Å². The molecule has 10 nitrogen and oxygen atoms in total. The number of carbonyl (C=O) groups is 4. The Hall–Kier alpha value is -4.86.